The lowest BCUT2D eigenvalue weighted by Crippen LogP contribution is -2.45. The van der Waals surface area contributed by atoms with E-state index < -0.39 is 79.9 Å². The number of amides is 1. The Bertz CT molecular complexity index is 1440. The molecule has 1 heterocycles. The molecule has 2 aliphatic carbocycles. The number of nitrogens with zero attached hydrogens (tertiary/aromatic N) is 3. The number of aromatic nitrogens is 2. The highest BCUT2D eigenvalue weighted by Gasteiger charge is 2.64. The van der Waals surface area contributed by atoms with E-state index >= 15 is 0 Å². The molecule has 4 rings (SSSR count). The van der Waals surface area contributed by atoms with Crippen LogP contribution in [0.4, 0.5) is 26.3 Å². The van der Waals surface area contributed by atoms with Crippen molar-refractivity contribution in [2.24, 2.45) is 10.8 Å². The van der Waals surface area contributed by atoms with E-state index in [9.17, 15) is 35.9 Å². The molecule has 1 unspecified atom stereocenters. The van der Waals surface area contributed by atoms with Gasteiger partial charge in [-0.05, 0) is 84.1 Å². The maximum atomic E-state index is 14.8. The maximum Gasteiger partial charge on any atom is 0.433 e. The fourth-order valence-corrected chi connectivity index (χ4v) is 7.83. The summed E-state index contributed by atoms with van der Waals surface area (Å²) in [5.41, 5.74) is -5.15. The molecule has 1 aromatic heterocycles. The summed E-state index contributed by atoms with van der Waals surface area (Å²) < 4.78 is 99.1. The second kappa shape index (κ2) is 13.5. The van der Waals surface area contributed by atoms with Crippen LogP contribution in [-0.2, 0) is 20.1 Å². The first kappa shape index (κ1) is 37.5. The third-order valence-electron chi connectivity index (χ3n) is 8.91. The van der Waals surface area contributed by atoms with Crippen molar-refractivity contribution in [1.29, 1.82) is 0 Å². The van der Waals surface area contributed by atoms with Crippen molar-refractivity contribution in [3.8, 4) is 0 Å². The lowest BCUT2D eigenvalue weighted by Gasteiger charge is -2.36. The van der Waals surface area contributed by atoms with E-state index in [1.165, 1.54) is 12.1 Å². The van der Waals surface area contributed by atoms with Gasteiger partial charge in [0.2, 0.25) is 0 Å². The van der Waals surface area contributed by atoms with Gasteiger partial charge in [-0.25, -0.2) is 0 Å². The Morgan fingerprint density at radius 2 is 1.64 bits per heavy atom. The quantitative estimate of drug-likeness (QED) is 0.131. The molecule has 0 saturated heterocycles. The number of ether oxygens (including phenoxy) is 1. The Kier molecular flexibility index (Phi) is 10.8. The largest absolute Gasteiger partial charge is 0.466 e. The molecule has 2 aliphatic rings. The van der Waals surface area contributed by atoms with Crippen molar-refractivity contribution < 1.29 is 45.1 Å². The summed E-state index contributed by atoms with van der Waals surface area (Å²) in [7, 11) is -2.50. The summed E-state index contributed by atoms with van der Waals surface area (Å²) in [5, 5.41) is 4.25. The van der Waals surface area contributed by atoms with Crippen LogP contribution in [0.1, 0.15) is 86.1 Å². The Labute approximate surface area is 281 Å². The minimum Gasteiger partial charge on any atom is -0.466 e. The van der Waals surface area contributed by atoms with Crippen LogP contribution in [-0.4, -0.2) is 60.7 Å². The van der Waals surface area contributed by atoms with Crippen LogP contribution in [0.15, 0.2) is 24.4 Å². The SMILES string of the molecule is CCOC(=O)C1(C)CCC(n2ncc(C(=O)N(CC(O[Si](C)(C)C)c3c(Cl)cccc3Cl)CC3(C(F)(F)F)CC3)c2C(F)(F)F)CC1. The number of benzene rings is 1. The summed E-state index contributed by atoms with van der Waals surface area (Å²) in [5.74, 6) is -1.70. The number of esters is 1. The standard InChI is InChI=1S/C31H39Cl2F6N3O4Si/c1-6-45-27(44)28(2)12-10-19(11-13-28)42-25(30(34,35)36)20(16-40-42)26(43)41(18-29(14-15-29)31(37,38)39)17-23(46-47(3,4)5)24-21(32)8-7-9-22(24)33/h7-9,16,19,23H,6,10-15,17-18H2,1-5H3. The fraction of sp³-hybridized carbons (Fsp3) is 0.645. The molecule has 0 N–H and O–H groups in total. The average molecular weight is 731 g/mol. The van der Waals surface area contributed by atoms with Crippen molar-refractivity contribution in [2.45, 2.75) is 96.5 Å². The van der Waals surface area contributed by atoms with Gasteiger partial charge in [0.25, 0.3) is 5.91 Å². The van der Waals surface area contributed by atoms with Crippen molar-refractivity contribution >= 4 is 43.4 Å². The van der Waals surface area contributed by atoms with Crippen LogP contribution in [0.2, 0.25) is 29.7 Å². The smallest absolute Gasteiger partial charge is 0.433 e. The third-order valence-corrected chi connectivity index (χ3v) is 10.6. The van der Waals surface area contributed by atoms with Crippen molar-refractivity contribution in [3.63, 3.8) is 0 Å². The molecule has 0 aliphatic heterocycles. The number of halogens is 8. The van der Waals surface area contributed by atoms with Crippen molar-refractivity contribution in [2.75, 3.05) is 19.7 Å². The number of carbonyl (C=O) groups excluding carboxylic acids is 2. The summed E-state index contributed by atoms with van der Waals surface area (Å²) >= 11 is 12.9. The molecular weight excluding hydrogens is 691 g/mol. The summed E-state index contributed by atoms with van der Waals surface area (Å²) in [6, 6.07) is 3.78. The first-order valence-electron chi connectivity index (χ1n) is 15.4. The molecule has 1 amide bonds. The zero-order valence-corrected chi connectivity index (χ0v) is 29.3. The molecular formula is C31H39Cl2F6N3O4Si. The first-order valence-corrected chi connectivity index (χ1v) is 19.6. The number of carbonyl (C=O) groups is 2. The number of rotatable bonds is 11. The van der Waals surface area contributed by atoms with Crippen molar-refractivity contribution in [1.82, 2.24) is 14.7 Å². The van der Waals surface area contributed by atoms with Gasteiger partial charge in [0.05, 0.1) is 47.9 Å². The van der Waals surface area contributed by atoms with Gasteiger partial charge in [-0.15, -0.1) is 0 Å². The Balaban J connectivity index is 1.75. The van der Waals surface area contributed by atoms with E-state index in [4.69, 9.17) is 32.4 Å². The molecule has 262 valence electrons. The summed E-state index contributed by atoms with van der Waals surface area (Å²) in [4.78, 5) is 27.4. The van der Waals surface area contributed by atoms with Crippen LogP contribution >= 0.6 is 23.2 Å². The Hall–Kier alpha value is -2.29. The molecule has 1 aromatic carbocycles. The zero-order valence-electron chi connectivity index (χ0n) is 26.8. The average Bonchev–Trinajstić information content (AvgIpc) is 3.60. The number of alkyl halides is 6. The molecule has 16 heteroatoms. The van der Waals surface area contributed by atoms with Crippen LogP contribution in [0.25, 0.3) is 0 Å². The van der Waals surface area contributed by atoms with Crippen LogP contribution in [0, 0.1) is 10.8 Å². The van der Waals surface area contributed by atoms with Crippen LogP contribution < -0.4 is 0 Å². The van der Waals surface area contributed by atoms with E-state index in [1.54, 1.807) is 19.9 Å². The second-order valence-electron chi connectivity index (χ2n) is 13.7. The second-order valence-corrected chi connectivity index (χ2v) is 19.0. The van der Waals surface area contributed by atoms with Gasteiger partial charge in [0.15, 0.2) is 14.0 Å². The first-order chi connectivity index (χ1) is 21.6. The fourth-order valence-electron chi connectivity index (χ4n) is 6.14. The lowest BCUT2D eigenvalue weighted by molar-refractivity contribution is -0.190. The van der Waals surface area contributed by atoms with E-state index in [-0.39, 0.29) is 60.7 Å². The van der Waals surface area contributed by atoms with Crippen LogP contribution in [0.3, 0.4) is 0 Å². The normalized spacial score (nSPS) is 22.1. The molecule has 2 fully saturated rings. The molecule has 0 radical (unpaired) electrons. The highest BCUT2D eigenvalue weighted by molar-refractivity contribution is 6.69. The van der Waals surface area contributed by atoms with Gasteiger partial charge in [-0.2, -0.15) is 31.4 Å². The molecule has 47 heavy (non-hydrogen) atoms. The topological polar surface area (TPSA) is 73.7 Å². The molecule has 0 spiro atoms. The van der Waals surface area contributed by atoms with Crippen LogP contribution in [0.5, 0.6) is 0 Å². The highest BCUT2D eigenvalue weighted by atomic mass is 35.5. The lowest BCUT2D eigenvalue weighted by atomic mass is 9.74. The molecule has 2 saturated carbocycles. The van der Waals surface area contributed by atoms with Gasteiger partial charge >= 0.3 is 18.3 Å². The van der Waals surface area contributed by atoms with Gasteiger partial charge in [-0.1, -0.05) is 29.3 Å². The summed E-state index contributed by atoms with van der Waals surface area (Å²) in [6.45, 7) is 7.56. The van der Waals surface area contributed by atoms with Gasteiger partial charge in [0.1, 0.15) is 0 Å². The predicted molar refractivity (Wildman–Crippen MR) is 167 cm³/mol. The van der Waals surface area contributed by atoms with E-state index in [0.29, 0.717) is 0 Å². The minimum atomic E-state index is -5.07. The summed E-state index contributed by atoms with van der Waals surface area (Å²) in [6.07, 6.45) is -9.95. The van der Waals surface area contributed by atoms with E-state index in [2.05, 4.69) is 5.10 Å². The van der Waals surface area contributed by atoms with Gasteiger partial charge in [-0.3, -0.25) is 14.3 Å². The molecule has 0 bridgehead atoms. The maximum absolute atomic E-state index is 14.8. The van der Waals surface area contributed by atoms with E-state index in [1.807, 2.05) is 19.6 Å². The molecule has 2 aromatic rings. The van der Waals surface area contributed by atoms with E-state index in [0.717, 1.165) is 15.8 Å². The van der Waals surface area contributed by atoms with Gasteiger partial charge in [0, 0.05) is 22.2 Å². The predicted octanol–water partition coefficient (Wildman–Crippen LogP) is 9.27. The van der Waals surface area contributed by atoms with Gasteiger partial charge < -0.3 is 14.1 Å². The number of hydrogen-bond donors (Lipinski definition) is 0. The Morgan fingerprint density at radius 1 is 1.06 bits per heavy atom. The molecule has 7 nitrogen and oxygen atoms in total. The monoisotopic (exact) mass is 729 g/mol. The highest BCUT2D eigenvalue weighted by Crippen LogP contribution is 2.58. The minimum absolute atomic E-state index is 0.140. The third kappa shape index (κ3) is 8.30. The zero-order chi connectivity index (χ0) is 35.2. The molecule has 1 atom stereocenters. The number of hydrogen-bond acceptors (Lipinski definition) is 5. The van der Waals surface area contributed by atoms with Crippen molar-refractivity contribution in [3.05, 3.63) is 51.3 Å². The Morgan fingerprint density at radius 3 is 2.11 bits per heavy atom.